The van der Waals surface area contributed by atoms with Gasteiger partial charge in [0.05, 0.1) is 12.2 Å². The molecule has 0 spiro atoms. The molecule has 1 aromatic carbocycles. The quantitative estimate of drug-likeness (QED) is 0.813. The summed E-state index contributed by atoms with van der Waals surface area (Å²) in [5, 5.41) is 11.8. The molecule has 2 rings (SSSR count). The summed E-state index contributed by atoms with van der Waals surface area (Å²) < 4.78 is 5.57. The molecule has 0 amide bonds. The lowest BCUT2D eigenvalue weighted by Crippen LogP contribution is -2.24. The number of hydrogen-bond donors (Lipinski definition) is 2. The molecule has 0 bridgehead atoms. The van der Waals surface area contributed by atoms with Gasteiger partial charge in [-0.05, 0) is 49.4 Å². The van der Waals surface area contributed by atoms with Crippen LogP contribution in [0.1, 0.15) is 43.0 Å². The zero-order chi connectivity index (χ0) is 14.4. The highest BCUT2D eigenvalue weighted by atomic mass is 16.5. The first-order valence-electron chi connectivity index (χ1n) is 7.35. The van der Waals surface area contributed by atoms with E-state index in [1.807, 2.05) is 12.1 Å². The molecule has 4 nitrogen and oxygen atoms in total. The molecule has 0 radical (unpaired) electrons. The van der Waals surface area contributed by atoms with Crippen LogP contribution in [0.15, 0.2) is 24.3 Å². The van der Waals surface area contributed by atoms with Crippen LogP contribution < -0.4 is 5.32 Å². The van der Waals surface area contributed by atoms with Crippen molar-refractivity contribution >= 4 is 11.7 Å². The van der Waals surface area contributed by atoms with Gasteiger partial charge in [-0.2, -0.15) is 0 Å². The first kappa shape index (κ1) is 14.9. The van der Waals surface area contributed by atoms with Gasteiger partial charge >= 0.3 is 5.97 Å². The van der Waals surface area contributed by atoms with E-state index in [4.69, 9.17) is 9.84 Å². The Hall–Kier alpha value is -1.55. The standard InChI is InChI=1S/C16H23NO3/c1-12-3-2-4-15(11-12)20-16(19)13-5-7-14(8-6-13)17-9-10-18/h5-8,12,15,17-18H,2-4,9-11H2,1H3. The van der Waals surface area contributed by atoms with Gasteiger partial charge in [0.2, 0.25) is 0 Å². The highest BCUT2D eigenvalue weighted by Gasteiger charge is 2.22. The molecule has 2 N–H and O–H groups in total. The number of carbonyl (C=O) groups excluding carboxylic acids is 1. The van der Waals surface area contributed by atoms with Crippen molar-refractivity contribution in [3.8, 4) is 0 Å². The minimum atomic E-state index is -0.238. The summed E-state index contributed by atoms with van der Waals surface area (Å²) in [6.07, 6.45) is 4.40. The van der Waals surface area contributed by atoms with Gasteiger partial charge < -0.3 is 15.2 Å². The molecule has 1 fully saturated rings. The number of esters is 1. The van der Waals surface area contributed by atoms with E-state index in [9.17, 15) is 4.79 Å². The SMILES string of the molecule is CC1CCCC(OC(=O)c2ccc(NCCO)cc2)C1. The number of ether oxygens (including phenoxy) is 1. The topological polar surface area (TPSA) is 58.6 Å². The molecule has 2 unspecified atom stereocenters. The maximum atomic E-state index is 12.1. The van der Waals surface area contributed by atoms with Gasteiger partial charge in [-0.25, -0.2) is 4.79 Å². The average molecular weight is 277 g/mol. The van der Waals surface area contributed by atoms with Crippen molar-refractivity contribution in [2.24, 2.45) is 5.92 Å². The van der Waals surface area contributed by atoms with E-state index in [0.717, 1.165) is 24.9 Å². The lowest BCUT2D eigenvalue weighted by molar-refractivity contribution is 0.0155. The molecule has 1 aromatic rings. The minimum absolute atomic E-state index is 0.0680. The van der Waals surface area contributed by atoms with Crippen LogP contribution in [0.4, 0.5) is 5.69 Å². The predicted molar refractivity (Wildman–Crippen MR) is 78.9 cm³/mol. The van der Waals surface area contributed by atoms with E-state index < -0.39 is 0 Å². The number of hydrogen-bond acceptors (Lipinski definition) is 4. The van der Waals surface area contributed by atoms with Crippen molar-refractivity contribution < 1.29 is 14.6 Å². The van der Waals surface area contributed by atoms with Crippen LogP contribution in [0, 0.1) is 5.92 Å². The summed E-state index contributed by atoms with van der Waals surface area (Å²) >= 11 is 0. The van der Waals surface area contributed by atoms with Crippen LogP contribution in [-0.2, 0) is 4.74 Å². The van der Waals surface area contributed by atoms with Gasteiger partial charge in [-0.15, -0.1) is 0 Å². The minimum Gasteiger partial charge on any atom is -0.459 e. The number of benzene rings is 1. The van der Waals surface area contributed by atoms with Gasteiger partial charge in [-0.3, -0.25) is 0 Å². The number of aliphatic hydroxyl groups is 1. The molecular formula is C16H23NO3. The first-order chi connectivity index (χ1) is 9.69. The van der Waals surface area contributed by atoms with Crippen LogP contribution >= 0.6 is 0 Å². The third-order valence-electron chi connectivity index (χ3n) is 3.72. The largest absolute Gasteiger partial charge is 0.459 e. The average Bonchev–Trinajstić information content (AvgIpc) is 2.45. The van der Waals surface area contributed by atoms with Gasteiger partial charge in [0, 0.05) is 12.2 Å². The van der Waals surface area contributed by atoms with E-state index >= 15 is 0 Å². The second-order valence-corrected chi connectivity index (χ2v) is 5.53. The zero-order valence-electron chi connectivity index (χ0n) is 12.0. The number of nitrogens with one attached hydrogen (secondary N) is 1. The Bertz CT molecular complexity index is 430. The third-order valence-corrected chi connectivity index (χ3v) is 3.72. The van der Waals surface area contributed by atoms with Crippen molar-refractivity contribution in [2.75, 3.05) is 18.5 Å². The maximum absolute atomic E-state index is 12.1. The normalized spacial score (nSPS) is 22.3. The number of carbonyl (C=O) groups is 1. The lowest BCUT2D eigenvalue weighted by Gasteiger charge is -2.26. The Morgan fingerprint density at radius 3 is 2.75 bits per heavy atom. The number of rotatable bonds is 5. The molecule has 2 atom stereocenters. The van der Waals surface area contributed by atoms with Crippen LogP contribution in [0.3, 0.4) is 0 Å². The van der Waals surface area contributed by atoms with E-state index in [1.165, 1.54) is 6.42 Å². The van der Waals surface area contributed by atoms with Crippen molar-refractivity contribution in [3.05, 3.63) is 29.8 Å². The van der Waals surface area contributed by atoms with Gasteiger partial charge in [0.1, 0.15) is 6.10 Å². The molecule has 110 valence electrons. The Morgan fingerprint density at radius 2 is 2.10 bits per heavy atom. The van der Waals surface area contributed by atoms with Gasteiger partial charge in [0.25, 0.3) is 0 Å². The third kappa shape index (κ3) is 4.23. The van der Waals surface area contributed by atoms with Crippen LogP contribution in [0.5, 0.6) is 0 Å². The van der Waals surface area contributed by atoms with E-state index in [-0.39, 0.29) is 18.7 Å². The van der Waals surface area contributed by atoms with E-state index in [1.54, 1.807) is 12.1 Å². The maximum Gasteiger partial charge on any atom is 0.338 e. The second kappa shape index (κ2) is 7.29. The van der Waals surface area contributed by atoms with Crippen molar-refractivity contribution in [3.63, 3.8) is 0 Å². The number of aliphatic hydroxyl groups excluding tert-OH is 1. The summed E-state index contributed by atoms with van der Waals surface area (Å²) in [5.41, 5.74) is 1.47. The fraction of sp³-hybridized carbons (Fsp3) is 0.562. The fourth-order valence-corrected chi connectivity index (χ4v) is 2.63. The molecule has 0 aliphatic heterocycles. The van der Waals surface area contributed by atoms with E-state index in [2.05, 4.69) is 12.2 Å². The summed E-state index contributed by atoms with van der Waals surface area (Å²) in [6, 6.07) is 7.17. The second-order valence-electron chi connectivity index (χ2n) is 5.53. The fourth-order valence-electron chi connectivity index (χ4n) is 2.63. The van der Waals surface area contributed by atoms with Crippen LogP contribution in [0.2, 0.25) is 0 Å². The smallest absolute Gasteiger partial charge is 0.338 e. The Balaban J connectivity index is 1.88. The Kier molecular flexibility index (Phi) is 5.41. The first-order valence-corrected chi connectivity index (χ1v) is 7.35. The zero-order valence-corrected chi connectivity index (χ0v) is 12.0. The molecule has 0 heterocycles. The molecule has 1 aliphatic rings. The van der Waals surface area contributed by atoms with Crippen LogP contribution in [0.25, 0.3) is 0 Å². The molecular weight excluding hydrogens is 254 g/mol. The highest BCUT2D eigenvalue weighted by Crippen LogP contribution is 2.26. The van der Waals surface area contributed by atoms with Crippen molar-refractivity contribution in [1.82, 2.24) is 0 Å². The number of anilines is 1. The summed E-state index contributed by atoms with van der Waals surface area (Å²) in [7, 11) is 0. The van der Waals surface area contributed by atoms with Crippen molar-refractivity contribution in [1.29, 1.82) is 0 Å². The van der Waals surface area contributed by atoms with Gasteiger partial charge in [-0.1, -0.05) is 13.3 Å². The highest BCUT2D eigenvalue weighted by molar-refractivity contribution is 5.89. The molecule has 4 heteroatoms. The van der Waals surface area contributed by atoms with E-state index in [0.29, 0.717) is 18.0 Å². The van der Waals surface area contributed by atoms with Crippen LogP contribution in [-0.4, -0.2) is 30.3 Å². The molecule has 20 heavy (non-hydrogen) atoms. The molecule has 1 saturated carbocycles. The molecule has 0 saturated heterocycles. The molecule has 1 aliphatic carbocycles. The Labute approximate surface area is 120 Å². The Morgan fingerprint density at radius 1 is 1.35 bits per heavy atom. The summed E-state index contributed by atoms with van der Waals surface area (Å²) in [5.74, 6) is 0.407. The summed E-state index contributed by atoms with van der Waals surface area (Å²) in [4.78, 5) is 12.1. The summed E-state index contributed by atoms with van der Waals surface area (Å²) in [6.45, 7) is 2.80. The monoisotopic (exact) mass is 277 g/mol. The van der Waals surface area contributed by atoms with Crippen molar-refractivity contribution in [2.45, 2.75) is 38.7 Å². The van der Waals surface area contributed by atoms with Gasteiger partial charge in [0.15, 0.2) is 0 Å². The lowest BCUT2D eigenvalue weighted by atomic mass is 9.89. The predicted octanol–water partition coefficient (Wildman–Crippen LogP) is 2.83. The molecule has 0 aromatic heterocycles.